The van der Waals surface area contributed by atoms with Crippen LogP contribution in [0.25, 0.3) is 10.8 Å². The standard InChI is InChI=1S/C23H13BrN6O3/c24-21-17-7-3-14(12-26)9-15(17)4-8-20(21)33-23-19(30(31)32)10-18(27)22(29-23)28-16-5-1-13(11-25)2-6-16/h1-10H,27H2,(H,28,29). The van der Waals surface area contributed by atoms with E-state index in [0.717, 1.165) is 10.8 Å². The number of anilines is 3. The van der Waals surface area contributed by atoms with E-state index in [9.17, 15) is 10.1 Å². The molecular formula is C23H13BrN6O3. The van der Waals surface area contributed by atoms with Crippen LogP contribution in [0.15, 0.2) is 65.1 Å². The van der Waals surface area contributed by atoms with Crippen LogP contribution in [0.5, 0.6) is 11.6 Å². The molecule has 0 fully saturated rings. The first-order valence-electron chi connectivity index (χ1n) is 9.42. The molecular weight excluding hydrogens is 488 g/mol. The zero-order valence-electron chi connectivity index (χ0n) is 16.7. The van der Waals surface area contributed by atoms with Crippen LogP contribution in [0.3, 0.4) is 0 Å². The summed E-state index contributed by atoms with van der Waals surface area (Å²) in [6, 6.07) is 20.4. The molecule has 0 saturated carbocycles. The molecule has 0 aliphatic rings. The number of nitro groups is 1. The quantitative estimate of drug-likeness (QED) is 0.258. The lowest BCUT2D eigenvalue weighted by Gasteiger charge is -2.13. The van der Waals surface area contributed by atoms with Gasteiger partial charge in [-0.15, -0.1) is 0 Å². The molecule has 3 aromatic carbocycles. The number of benzene rings is 3. The summed E-state index contributed by atoms with van der Waals surface area (Å²) < 4.78 is 6.39. The Morgan fingerprint density at radius 3 is 2.39 bits per heavy atom. The van der Waals surface area contributed by atoms with Gasteiger partial charge in [0.15, 0.2) is 5.82 Å². The van der Waals surface area contributed by atoms with Crippen LogP contribution in [-0.4, -0.2) is 9.91 Å². The van der Waals surface area contributed by atoms with Crippen LogP contribution in [0, 0.1) is 32.8 Å². The van der Waals surface area contributed by atoms with Gasteiger partial charge in [0.1, 0.15) is 5.75 Å². The number of nitrogens with two attached hydrogens (primary N) is 1. The highest BCUT2D eigenvalue weighted by atomic mass is 79.9. The van der Waals surface area contributed by atoms with Crippen molar-refractivity contribution in [3.63, 3.8) is 0 Å². The van der Waals surface area contributed by atoms with Crippen molar-refractivity contribution in [3.8, 4) is 23.8 Å². The van der Waals surface area contributed by atoms with Gasteiger partial charge in [0.2, 0.25) is 0 Å². The maximum atomic E-state index is 11.6. The highest BCUT2D eigenvalue weighted by molar-refractivity contribution is 9.10. The number of nitriles is 2. The molecule has 10 heteroatoms. The molecule has 0 spiro atoms. The third-order valence-corrected chi connectivity index (χ3v) is 5.54. The maximum Gasteiger partial charge on any atom is 0.333 e. The Morgan fingerprint density at radius 1 is 1.03 bits per heavy atom. The molecule has 0 atom stereocenters. The van der Waals surface area contributed by atoms with Crippen LogP contribution in [0.2, 0.25) is 0 Å². The molecule has 3 N–H and O–H groups in total. The molecule has 4 rings (SSSR count). The number of fused-ring (bicyclic) bond motifs is 1. The van der Waals surface area contributed by atoms with Crippen molar-refractivity contribution < 1.29 is 9.66 Å². The fraction of sp³-hybridized carbons (Fsp3) is 0. The molecule has 9 nitrogen and oxygen atoms in total. The van der Waals surface area contributed by atoms with Crippen molar-refractivity contribution in [3.05, 3.63) is 86.4 Å². The lowest BCUT2D eigenvalue weighted by atomic mass is 10.1. The summed E-state index contributed by atoms with van der Waals surface area (Å²) in [5, 5.41) is 34.2. The lowest BCUT2D eigenvalue weighted by molar-refractivity contribution is -0.385. The normalized spacial score (nSPS) is 10.3. The van der Waals surface area contributed by atoms with Gasteiger partial charge in [-0.1, -0.05) is 12.1 Å². The summed E-state index contributed by atoms with van der Waals surface area (Å²) in [6.07, 6.45) is 0. The van der Waals surface area contributed by atoms with Crippen molar-refractivity contribution in [1.29, 1.82) is 10.5 Å². The average Bonchev–Trinajstić information content (AvgIpc) is 2.82. The minimum absolute atomic E-state index is 0.0556. The average molecular weight is 501 g/mol. The Kier molecular flexibility index (Phi) is 5.77. The van der Waals surface area contributed by atoms with Crippen LogP contribution in [0.4, 0.5) is 22.9 Å². The van der Waals surface area contributed by atoms with Gasteiger partial charge in [0, 0.05) is 11.8 Å². The van der Waals surface area contributed by atoms with Crippen LogP contribution >= 0.6 is 15.9 Å². The van der Waals surface area contributed by atoms with Gasteiger partial charge in [0.25, 0.3) is 0 Å². The summed E-state index contributed by atoms with van der Waals surface area (Å²) in [5.41, 5.74) is 7.23. The van der Waals surface area contributed by atoms with Crippen molar-refractivity contribution >= 4 is 49.6 Å². The number of rotatable bonds is 5. The summed E-state index contributed by atoms with van der Waals surface area (Å²) in [7, 11) is 0. The topological polar surface area (TPSA) is 151 Å². The van der Waals surface area contributed by atoms with Crippen molar-refractivity contribution in [2.45, 2.75) is 0 Å². The molecule has 1 heterocycles. The third kappa shape index (κ3) is 4.37. The molecule has 0 bridgehead atoms. The lowest BCUT2D eigenvalue weighted by Crippen LogP contribution is -2.04. The van der Waals surface area contributed by atoms with E-state index in [4.69, 9.17) is 21.0 Å². The monoisotopic (exact) mass is 500 g/mol. The first-order valence-corrected chi connectivity index (χ1v) is 10.2. The molecule has 0 unspecified atom stereocenters. The SMILES string of the molecule is N#Cc1ccc(Nc2nc(Oc3ccc4cc(C#N)ccc4c3Br)c([N+](=O)[O-])cc2N)cc1. The summed E-state index contributed by atoms with van der Waals surface area (Å²) in [4.78, 5) is 15.2. The zero-order valence-corrected chi connectivity index (χ0v) is 18.3. The number of nitrogens with zero attached hydrogens (tertiary/aromatic N) is 4. The molecule has 33 heavy (non-hydrogen) atoms. The number of hydrogen-bond acceptors (Lipinski definition) is 8. The Labute approximate surface area is 195 Å². The fourth-order valence-corrected chi connectivity index (χ4v) is 3.67. The third-order valence-electron chi connectivity index (χ3n) is 4.73. The molecule has 0 aliphatic carbocycles. The molecule has 0 radical (unpaired) electrons. The number of hydrogen-bond donors (Lipinski definition) is 2. The van der Waals surface area contributed by atoms with Gasteiger partial charge < -0.3 is 15.8 Å². The Bertz CT molecular complexity index is 1490. The predicted octanol–water partition coefficient (Wildman–Crippen LogP) is 5.77. The first kappa shape index (κ1) is 21.6. The van der Waals surface area contributed by atoms with Crippen molar-refractivity contribution in [2.75, 3.05) is 11.1 Å². The van der Waals surface area contributed by atoms with E-state index in [1.807, 2.05) is 6.07 Å². The van der Waals surface area contributed by atoms with Gasteiger partial charge >= 0.3 is 11.6 Å². The number of nitrogen functional groups attached to an aromatic ring is 1. The molecule has 0 saturated heterocycles. The molecule has 1 aromatic heterocycles. The van der Waals surface area contributed by atoms with Crippen LogP contribution < -0.4 is 15.8 Å². The summed E-state index contributed by atoms with van der Waals surface area (Å²) in [6.45, 7) is 0. The highest BCUT2D eigenvalue weighted by Crippen LogP contribution is 2.40. The van der Waals surface area contributed by atoms with Gasteiger partial charge in [-0.2, -0.15) is 15.5 Å². The minimum atomic E-state index is -0.627. The van der Waals surface area contributed by atoms with Gasteiger partial charge in [-0.3, -0.25) is 10.1 Å². The van der Waals surface area contributed by atoms with E-state index in [1.54, 1.807) is 54.6 Å². The Hall–Kier alpha value is -4.67. The second kappa shape index (κ2) is 8.83. The van der Waals surface area contributed by atoms with Crippen LogP contribution in [-0.2, 0) is 0 Å². The van der Waals surface area contributed by atoms with E-state index in [2.05, 4.69) is 32.3 Å². The largest absolute Gasteiger partial charge is 0.432 e. The number of halogens is 1. The van der Waals surface area contributed by atoms with Gasteiger partial charge in [-0.25, -0.2) is 0 Å². The summed E-state index contributed by atoms with van der Waals surface area (Å²) >= 11 is 3.48. The van der Waals surface area contributed by atoms with E-state index in [1.165, 1.54) is 6.07 Å². The summed E-state index contributed by atoms with van der Waals surface area (Å²) in [5.74, 6) is 0.215. The maximum absolute atomic E-state index is 11.6. The van der Waals surface area contributed by atoms with E-state index < -0.39 is 10.6 Å². The Balaban J connectivity index is 1.74. The number of ether oxygens (including phenoxy) is 1. The second-order valence-electron chi connectivity index (χ2n) is 6.85. The molecule has 4 aromatic rings. The Morgan fingerprint density at radius 2 is 1.73 bits per heavy atom. The van der Waals surface area contributed by atoms with Gasteiger partial charge in [-0.05, 0) is 69.2 Å². The molecule has 160 valence electrons. The highest BCUT2D eigenvalue weighted by Gasteiger charge is 2.23. The second-order valence-corrected chi connectivity index (χ2v) is 7.64. The number of nitrogens with one attached hydrogen (secondary N) is 1. The number of aromatic nitrogens is 1. The zero-order chi connectivity index (χ0) is 23.5. The molecule has 0 aliphatic heterocycles. The molecule has 0 amide bonds. The predicted molar refractivity (Wildman–Crippen MR) is 126 cm³/mol. The minimum Gasteiger partial charge on any atom is -0.432 e. The van der Waals surface area contributed by atoms with Crippen LogP contribution in [0.1, 0.15) is 11.1 Å². The first-order chi connectivity index (χ1) is 15.9. The van der Waals surface area contributed by atoms with Crippen molar-refractivity contribution in [1.82, 2.24) is 4.98 Å². The van der Waals surface area contributed by atoms with Gasteiger partial charge in [0.05, 0.1) is 38.3 Å². The van der Waals surface area contributed by atoms with Crippen molar-refractivity contribution in [2.24, 2.45) is 0 Å². The smallest absolute Gasteiger partial charge is 0.333 e. The van der Waals surface area contributed by atoms with E-state index >= 15 is 0 Å². The van der Waals surface area contributed by atoms with E-state index in [0.29, 0.717) is 27.0 Å². The fourth-order valence-electron chi connectivity index (χ4n) is 3.10. The van der Waals surface area contributed by atoms with E-state index in [-0.39, 0.29) is 17.4 Å². The number of pyridine rings is 1.